The van der Waals surface area contributed by atoms with E-state index in [4.69, 9.17) is 4.74 Å². The quantitative estimate of drug-likeness (QED) is 0.567. The predicted molar refractivity (Wildman–Crippen MR) is 67.7 cm³/mol. The normalized spacial score (nSPS) is 9.94. The number of rotatable bonds is 11. The molecule has 0 unspecified atom stereocenters. The third kappa shape index (κ3) is 12.9. The van der Waals surface area contributed by atoms with Gasteiger partial charge in [0.2, 0.25) is 0 Å². The van der Waals surface area contributed by atoms with Gasteiger partial charge in [-0.05, 0) is 19.3 Å². The summed E-state index contributed by atoms with van der Waals surface area (Å²) in [7, 11) is 0. The van der Waals surface area contributed by atoms with E-state index in [-0.39, 0.29) is 6.09 Å². The second kappa shape index (κ2) is 13.0. The van der Waals surface area contributed by atoms with Gasteiger partial charge in [-0.15, -0.1) is 0 Å². The standard InChI is InChI=1S/C13H24NO3/c1-2-3-4-9-12-17-13(16)14-10-7-5-6-8-11-15/h2-10,12H2,1H3,(H,14,16). The molecule has 1 amide bonds. The van der Waals surface area contributed by atoms with Crippen molar-refractivity contribution >= 4 is 12.4 Å². The van der Waals surface area contributed by atoms with Crippen LogP contribution in [0.1, 0.15) is 58.3 Å². The highest BCUT2D eigenvalue weighted by Crippen LogP contribution is 1.99. The van der Waals surface area contributed by atoms with E-state index >= 15 is 0 Å². The van der Waals surface area contributed by atoms with Crippen molar-refractivity contribution in [2.24, 2.45) is 0 Å². The van der Waals surface area contributed by atoms with Crippen LogP contribution in [0.25, 0.3) is 0 Å². The van der Waals surface area contributed by atoms with Crippen LogP contribution in [-0.2, 0) is 9.53 Å². The Hall–Kier alpha value is -1.06. The van der Waals surface area contributed by atoms with Crippen molar-refractivity contribution < 1.29 is 14.3 Å². The summed E-state index contributed by atoms with van der Waals surface area (Å²) in [6.45, 7) is 3.27. The molecule has 0 rings (SSSR count). The number of carbonyl (C=O) groups is 1. The minimum absolute atomic E-state index is 0.330. The summed E-state index contributed by atoms with van der Waals surface area (Å²) >= 11 is 0. The van der Waals surface area contributed by atoms with Crippen LogP contribution in [0.5, 0.6) is 0 Å². The molecule has 0 saturated heterocycles. The van der Waals surface area contributed by atoms with Gasteiger partial charge in [0.15, 0.2) is 6.29 Å². The molecule has 4 heteroatoms. The number of carbonyl (C=O) groups excluding carboxylic acids is 2. The number of unbranched alkanes of at least 4 members (excludes halogenated alkanes) is 6. The Bertz CT molecular complexity index is 195. The topological polar surface area (TPSA) is 55.4 Å². The van der Waals surface area contributed by atoms with Gasteiger partial charge in [0.1, 0.15) is 0 Å². The summed E-state index contributed by atoms with van der Waals surface area (Å²) in [6, 6.07) is 0. The smallest absolute Gasteiger partial charge is 0.407 e. The zero-order valence-corrected chi connectivity index (χ0v) is 10.8. The molecule has 4 nitrogen and oxygen atoms in total. The summed E-state index contributed by atoms with van der Waals surface area (Å²) in [4.78, 5) is 21.1. The fourth-order valence-electron chi connectivity index (χ4n) is 1.43. The number of amides is 1. The summed E-state index contributed by atoms with van der Waals surface area (Å²) in [5.74, 6) is 0. The predicted octanol–water partition coefficient (Wildman–Crippen LogP) is 2.96. The van der Waals surface area contributed by atoms with Gasteiger partial charge >= 0.3 is 6.09 Å². The fraction of sp³-hybridized carbons (Fsp3) is 0.846. The molecule has 0 atom stereocenters. The van der Waals surface area contributed by atoms with Gasteiger partial charge in [-0.2, -0.15) is 0 Å². The monoisotopic (exact) mass is 242 g/mol. The zero-order valence-electron chi connectivity index (χ0n) is 10.8. The number of hydrogen-bond acceptors (Lipinski definition) is 3. The van der Waals surface area contributed by atoms with Gasteiger partial charge in [-0.3, -0.25) is 4.79 Å². The molecule has 0 bridgehead atoms. The van der Waals surface area contributed by atoms with Crippen molar-refractivity contribution in [3.63, 3.8) is 0 Å². The van der Waals surface area contributed by atoms with Crippen LogP contribution in [0, 0.1) is 0 Å². The Labute approximate surface area is 104 Å². The third-order valence-electron chi connectivity index (χ3n) is 2.46. The number of nitrogens with one attached hydrogen (secondary N) is 1. The van der Waals surface area contributed by atoms with Crippen LogP contribution in [0.15, 0.2) is 0 Å². The van der Waals surface area contributed by atoms with Crippen molar-refractivity contribution in [2.75, 3.05) is 13.2 Å². The lowest BCUT2D eigenvalue weighted by Gasteiger charge is -2.06. The molecule has 0 aliphatic heterocycles. The second-order valence-electron chi connectivity index (χ2n) is 4.08. The van der Waals surface area contributed by atoms with Crippen molar-refractivity contribution in [1.29, 1.82) is 0 Å². The molecule has 0 aromatic carbocycles. The lowest BCUT2D eigenvalue weighted by molar-refractivity contribution is 0.143. The molecular formula is C13H24NO3. The van der Waals surface area contributed by atoms with Crippen LogP contribution in [0.4, 0.5) is 4.79 Å². The molecule has 0 saturated carbocycles. The molecule has 0 heterocycles. The van der Waals surface area contributed by atoms with E-state index in [1.165, 1.54) is 12.8 Å². The lowest BCUT2D eigenvalue weighted by Crippen LogP contribution is -2.25. The molecule has 17 heavy (non-hydrogen) atoms. The largest absolute Gasteiger partial charge is 0.450 e. The molecule has 0 fully saturated rings. The summed E-state index contributed by atoms with van der Waals surface area (Å²) in [5, 5.41) is 2.69. The van der Waals surface area contributed by atoms with Crippen molar-refractivity contribution in [3.05, 3.63) is 0 Å². The van der Waals surface area contributed by atoms with Gasteiger partial charge in [0, 0.05) is 13.0 Å². The zero-order chi connectivity index (χ0) is 12.8. The summed E-state index contributed by atoms with van der Waals surface area (Å²) in [5.41, 5.74) is 0. The summed E-state index contributed by atoms with van der Waals surface area (Å²) in [6.07, 6.45) is 9.11. The van der Waals surface area contributed by atoms with Crippen LogP contribution >= 0.6 is 0 Å². The van der Waals surface area contributed by atoms with Gasteiger partial charge in [-0.25, -0.2) is 4.79 Å². The van der Waals surface area contributed by atoms with Crippen LogP contribution < -0.4 is 5.32 Å². The van der Waals surface area contributed by atoms with E-state index in [0.717, 1.165) is 32.1 Å². The second-order valence-corrected chi connectivity index (χ2v) is 4.08. The van der Waals surface area contributed by atoms with Crippen molar-refractivity contribution in [1.82, 2.24) is 5.32 Å². The maximum Gasteiger partial charge on any atom is 0.407 e. The molecule has 0 aromatic heterocycles. The van der Waals surface area contributed by atoms with E-state index in [0.29, 0.717) is 19.6 Å². The maximum atomic E-state index is 11.2. The Morgan fingerprint density at radius 3 is 2.59 bits per heavy atom. The van der Waals surface area contributed by atoms with E-state index in [9.17, 15) is 9.59 Å². The summed E-state index contributed by atoms with van der Waals surface area (Å²) < 4.78 is 5.00. The molecule has 1 radical (unpaired) electrons. The molecule has 0 aromatic rings. The first kappa shape index (κ1) is 15.9. The molecule has 0 spiro atoms. The van der Waals surface area contributed by atoms with Gasteiger partial charge in [0.25, 0.3) is 0 Å². The van der Waals surface area contributed by atoms with E-state index in [1.54, 1.807) is 0 Å². The lowest BCUT2D eigenvalue weighted by atomic mass is 10.2. The van der Waals surface area contributed by atoms with E-state index < -0.39 is 0 Å². The van der Waals surface area contributed by atoms with Gasteiger partial charge < -0.3 is 10.1 Å². The van der Waals surface area contributed by atoms with Crippen molar-refractivity contribution in [3.8, 4) is 0 Å². The highest BCUT2D eigenvalue weighted by atomic mass is 16.5. The SMILES string of the molecule is CCCCCCOC(=O)NCCCCC[C]=O. The Kier molecular flexibility index (Phi) is 12.2. The number of alkyl carbamates (subject to hydrolysis) is 1. The third-order valence-corrected chi connectivity index (χ3v) is 2.46. The Morgan fingerprint density at radius 2 is 1.88 bits per heavy atom. The van der Waals surface area contributed by atoms with Gasteiger partial charge in [-0.1, -0.05) is 32.6 Å². The number of hydrogen-bond donors (Lipinski definition) is 1. The van der Waals surface area contributed by atoms with E-state index in [2.05, 4.69) is 12.2 Å². The molecular weight excluding hydrogens is 218 g/mol. The molecule has 99 valence electrons. The van der Waals surface area contributed by atoms with Crippen LogP contribution in [-0.4, -0.2) is 25.5 Å². The first-order valence-electron chi connectivity index (χ1n) is 6.57. The fourth-order valence-corrected chi connectivity index (χ4v) is 1.43. The molecule has 0 aliphatic rings. The number of ether oxygens (including phenoxy) is 1. The van der Waals surface area contributed by atoms with Crippen molar-refractivity contribution in [2.45, 2.75) is 58.3 Å². The average molecular weight is 242 g/mol. The van der Waals surface area contributed by atoms with Crippen LogP contribution in [0.3, 0.4) is 0 Å². The highest BCUT2D eigenvalue weighted by molar-refractivity contribution is 5.66. The molecule has 1 N–H and O–H groups in total. The Morgan fingerprint density at radius 1 is 1.12 bits per heavy atom. The van der Waals surface area contributed by atoms with Gasteiger partial charge in [0.05, 0.1) is 6.61 Å². The Balaban J connectivity index is 3.14. The minimum Gasteiger partial charge on any atom is -0.450 e. The maximum absolute atomic E-state index is 11.2. The highest BCUT2D eigenvalue weighted by Gasteiger charge is 2.00. The first-order chi connectivity index (χ1) is 8.31. The first-order valence-corrected chi connectivity index (χ1v) is 6.57. The van der Waals surface area contributed by atoms with E-state index in [1.807, 2.05) is 6.29 Å². The minimum atomic E-state index is -0.330. The van der Waals surface area contributed by atoms with Crippen LogP contribution in [0.2, 0.25) is 0 Å². The average Bonchev–Trinajstić information content (AvgIpc) is 2.33. The molecule has 0 aliphatic carbocycles.